The average molecular weight is 410 g/mol. The zero-order valence-electron chi connectivity index (χ0n) is 15.7. The highest BCUT2D eigenvalue weighted by atomic mass is 16.5. The summed E-state index contributed by atoms with van der Waals surface area (Å²) in [6.07, 6.45) is -0.819. The topological polar surface area (TPSA) is 179 Å². The third-order valence-electron chi connectivity index (χ3n) is 4.07. The zero-order valence-corrected chi connectivity index (χ0v) is 15.7. The summed E-state index contributed by atoms with van der Waals surface area (Å²) < 4.78 is 5.02. The van der Waals surface area contributed by atoms with Crippen molar-refractivity contribution in [2.45, 2.75) is 39.0 Å². The van der Waals surface area contributed by atoms with Gasteiger partial charge in [-0.25, -0.2) is 9.59 Å². The number of hydrogen-bond acceptors (Lipinski definition) is 6. The fourth-order valence-corrected chi connectivity index (χ4v) is 2.21. The monoisotopic (exact) mass is 410 g/mol. The second kappa shape index (κ2) is 10.1. The van der Waals surface area contributed by atoms with E-state index in [9.17, 15) is 34.2 Å². The molecule has 0 saturated heterocycles. The van der Waals surface area contributed by atoms with Gasteiger partial charge >= 0.3 is 29.9 Å². The van der Waals surface area contributed by atoms with Crippen molar-refractivity contribution in [3.05, 3.63) is 35.9 Å². The quantitative estimate of drug-likeness (QED) is 0.270. The van der Waals surface area contributed by atoms with Gasteiger partial charge in [0.25, 0.3) is 0 Å². The number of carboxylic acids is 3. The van der Waals surface area contributed by atoms with Crippen LogP contribution in [0.4, 0.5) is 4.79 Å². The third-order valence-corrected chi connectivity index (χ3v) is 4.07. The molecule has 0 aliphatic rings. The van der Waals surface area contributed by atoms with Crippen LogP contribution in [-0.4, -0.2) is 57.3 Å². The van der Waals surface area contributed by atoms with Crippen molar-refractivity contribution in [1.29, 1.82) is 0 Å². The summed E-state index contributed by atoms with van der Waals surface area (Å²) in [6, 6.07) is 4.19. The van der Waals surface area contributed by atoms with Gasteiger partial charge in [0.15, 0.2) is 5.41 Å². The molecule has 0 aromatic heterocycles. The molecule has 0 heterocycles. The van der Waals surface area contributed by atoms with Gasteiger partial charge in [-0.15, -0.1) is 0 Å². The van der Waals surface area contributed by atoms with Gasteiger partial charge in [0.05, 0.1) is 0 Å². The molecular weight excluding hydrogens is 388 g/mol. The first kappa shape index (κ1) is 23.4. The summed E-state index contributed by atoms with van der Waals surface area (Å²) >= 11 is 0. The number of carbonyl (C=O) groups excluding carboxylic acids is 2. The van der Waals surface area contributed by atoms with Crippen LogP contribution in [0.25, 0.3) is 0 Å². The first-order valence-corrected chi connectivity index (χ1v) is 8.44. The lowest BCUT2D eigenvalue weighted by molar-refractivity contribution is -0.170. The summed E-state index contributed by atoms with van der Waals surface area (Å²) in [6.45, 7) is 1.92. The Bertz CT molecular complexity index is 781. The second-order valence-corrected chi connectivity index (χ2v) is 6.47. The summed E-state index contributed by atoms with van der Waals surface area (Å²) in [7, 11) is 0. The fraction of sp³-hybridized carbons (Fsp3) is 0.389. The number of aliphatic carboxylic acids is 3. The van der Waals surface area contributed by atoms with Crippen molar-refractivity contribution in [3.63, 3.8) is 0 Å². The Kier molecular flexibility index (Phi) is 8.12. The molecule has 1 unspecified atom stereocenters. The maximum Gasteiger partial charge on any atom is 0.326 e. The average Bonchev–Trinajstić information content (AvgIpc) is 2.65. The van der Waals surface area contributed by atoms with Gasteiger partial charge in [-0.1, -0.05) is 30.3 Å². The molecule has 2 amide bonds. The highest BCUT2D eigenvalue weighted by Crippen LogP contribution is 2.27. The van der Waals surface area contributed by atoms with Gasteiger partial charge in [-0.2, -0.15) is 0 Å². The van der Waals surface area contributed by atoms with Gasteiger partial charge in [0.2, 0.25) is 0 Å². The minimum atomic E-state index is -2.27. The van der Waals surface area contributed by atoms with E-state index in [0.29, 0.717) is 5.56 Å². The Hall–Kier alpha value is -3.63. The van der Waals surface area contributed by atoms with Crippen LogP contribution in [0.1, 0.15) is 25.8 Å². The van der Waals surface area contributed by atoms with Crippen LogP contribution >= 0.6 is 0 Å². The lowest BCUT2D eigenvalue weighted by Crippen LogP contribution is -2.53. The smallest absolute Gasteiger partial charge is 0.326 e. The van der Waals surface area contributed by atoms with E-state index in [-0.39, 0.29) is 6.61 Å². The van der Waals surface area contributed by atoms with Gasteiger partial charge in [-0.05, 0) is 19.4 Å². The number of esters is 1. The molecule has 11 nitrogen and oxygen atoms in total. The number of amides is 2. The predicted molar refractivity (Wildman–Crippen MR) is 96.8 cm³/mol. The molecule has 0 fully saturated rings. The van der Waals surface area contributed by atoms with Crippen LogP contribution in [0.15, 0.2) is 30.3 Å². The van der Waals surface area contributed by atoms with E-state index < -0.39 is 53.8 Å². The van der Waals surface area contributed by atoms with Crippen molar-refractivity contribution in [2.24, 2.45) is 5.41 Å². The maximum absolute atomic E-state index is 12.4. The van der Waals surface area contributed by atoms with Crippen LogP contribution in [0.2, 0.25) is 0 Å². The van der Waals surface area contributed by atoms with E-state index in [4.69, 9.17) is 9.84 Å². The number of carboxylic acid groups (broad SMARTS) is 3. The minimum absolute atomic E-state index is 0.218. The van der Waals surface area contributed by atoms with E-state index in [2.05, 4.69) is 0 Å². The van der Waals surface area contributed by atoms with Crippen LogP contribution < -0.4 is 10.6 Å². The SMILES string of the molecule is C[C@H](NC(=O)N[C@@H](CC(C)(C(=O)O)C(=O)OCc1ccccc1)C(=O)O)C(=O)O. The molecule has 0 aliphatic carbocycles. The first-order chi connectivity index (χ1) is 13.5. The Morgan fingerprint density at radius 3 is 2.07 bits per heavy atom. The molecule has 3 atom stereocenters. The fourth-order valence-electron chi connectivity index (χ4n) is 2.21. The molecule has 0 radical (unpaired) electrons. The molecule has 29 heavy (non-hydrogen) atoms. The van der Waals surface area contributed by atoms with Crippen molar-refractivity contribution in [3.8, 4) is 0 Å². The number of carbonyl (C=O) groups is 5. The van der Waals surface area contributed by atoms with Crippen molar-refractivity contribution in [2.75, 3.05) is 0 Å². The molecule has 11 heteroatoms. The Labute approximate surface area is 165 Å². The summed E-state index contributed by atoms with van der Waals surface area (Å²) in [5, 5.41) is 31.5. The van der Waals surface area contributed by atoms with E-state index in [1.165, 1.54) is 0 Å². The standard InChI is InChI=1S/C18H22N2O9/c1-10(13(21)22)19-17(28)20-12(14(23)24)8-18(2,15(25)26)16(27)29-9-11-6-4-3-5-7-11/h3-7,10,12H,8-9H2,1-2H3,(H,21,22)(H,23,24)(H,25,26)(H2,19,20,28)/t10-,12-,18?/m0/s1. The number of benzene rings is 1. The molecule has 158 valence electrons. The van der Waals surface area contributed by atoms with Gasteiger partial charge < -0.3 is 30.7 Å². The van der Waals surface area contributed by atoms with E-state index in [1.807, 2.05) is 10.6 Å². The third kappa shape index (κ3) is 6.79. The second-order valence-electron chi connectivity index (χ2n) is 6.47. The van der Waals surface area contributed by atoms with E-state index >= 15 is 0 Å². The van der Waals surface area contributed by atoms with Crippen LogP contribution in [0, 0.1) is 5.41 Å². The van der Waals surface area contributed by atoms with E-state index in [0.717, 1.165) is 13.8 Å². The van der Waals surface area contributed by atoms with E-state index in [1.54, 1.807) is 30.3 Å². The van der Waals surface area contributed by atoms with Gasteiger partial charge in [0.1, 0.15) is 18.7 Å². The highest BCUT2D eigenvalue weighted by Gasteiger charge is 2.46. The lowest BCUT2D eigenvalue weighted by atomic mass is 9.83. The molecule has 1 aromatic carbocycles. The molecule has 0 saturated carbocycles. The number of rotatable bonds is 10. The maximum atomic E-state index is 12.4. The Morgan fingerprint density at radius 2 is 1.59 bits per heavy atom. The predicted octanol–water partition coefficient (Wildman–Crippen LogP) is 0.436. The largest absolute Gasteiger partial charge is 0.480 e. The zero-order chi connectivity index (χ0) is 22.2. The normalized spacial score (nSPS) is 14.6. The number of nitrogens with one attached hydrogen (secondary N) is 2. The van der Waals surface area contributed by atoms with Gasteiger partial charge in [0, 0.05) is 6.42 Å². The molecule has 5 N–H and O–H groups in total. The number of hydrogen-bond donors (Lipinski definition) is 5. The lowest BCUT2D eigenvalue weighted by Gasteiger charge is -2.26. The number of ether oxygens (including phenoxy) is 1. The molecule has 1 aromatic rings. The Balaban J connectivity index is 2.88. The minimum Gasteiger partial charge on any atom is -0.480 e. The Morgan fingerprint density at radius 1 is 1.00 bits per heavy atom. The highest BCUT2D eigenvalue weighted by molar-refractivity contribution is 5.99. The van der Waals surface area contributed by atoms with Crippen molar-refractivity contribution >= 4 is 29.9 Å². The summed E-state index contributed by atoms with van der Waals surface area (Å²) in [4.78, 5) is 58.1. The summed E-state index contributed by atoms with van der Waals surface area (Å²) in [5.74, 6) is -5.78. The van der Waals surface area contributed by atoms with Crippen LogP contribution in [-0.2, 0) is 30.5 Å². The number of urea groups is 1. The molecule has 0 spiro atoms. The van der Waals surface area contributed by atoms with Crippen molar-refractivity contribution < 1.29 is 44.0 Å². The summed E-state index contributed by atoms with van der Waals surface area (Å²) in [5.41, 5.74) is -1.67. The molecule has 1 rings (SSSR count). The van der Waals surface area contributed by atoms with Crippen molar-refractivity contribution in [1.82, 2.24) is 10.6 Å². The molecule has 0 bridgehead atoms. The first-order valence-electron chi connectivity index (χ1n) is 8.44. The molecule has 0 aliphatic heterocycles. The van der Waals surface area contributed by atoms with Crippen LogP contribution in [0.5, 0.6) is 0 Å². The van der Waals surface area contributed by atoms with Gasteiger partial charge in [-0.3, -0.25) is 14.4 Å². The molecular formula is C18H22N2O9. The van der Waals surface area contributed by atoms with Crippen LogP contribution in [0.3, 0.4) is 0 Å².